The van der Waals surface area contributed by atoms with Crippen LogP contribution in [0.2, 0.25) is 0 Å². The number of nitrogens with zero attached hydrogens (tertiary/aromatic N) is 2. The summed E-state index contributed by atoms with van der Waals surface area (Å²) in [5, 5.41) is 5.46. The molecule has 30 heavy (non-hydrogen) atoms. The molecular formula is C23H25FN4O2. The van der Waals surface area contributed by atoms with E-state index in [9.17, 15) is 14.0 Å². The Bertz CT molecular complexity index is 1120. The van der Waals surface area contributed by atoms with E-state index in [0.29, 0.717) is 11.3 Å². The highest BCUT2D eigenvalue weighted by Crippen LogP contribution is 2.27. The van der Waals surface area contributed by atoms with Crippen LogP contribution in [0.1, 0.15) is 48.3 Å². The molecule has 0 aliphatic heterocycles. The minimum atomic E-state index is -0.525. The van der Waals surface area contributed by atoms with Crippen molar-refractivity contribution in [3.05, 3.63) is 53.6 Å². The second-order valence-corrected chi connectivity index (χ2v) is 7.89. The van der Waals surface area contributed by atoms with Crippen molar-refractivity contribution >= 4 is 34.2 Å². The van der Waals surface area contributed by atoms with Crippen molar-refractivity contribution in [3.63, 3.8) is 0 Å². The van der Waals surface area contributed by atoms with E-state index < -0.39 is 5.82 Å². The Morgan fingerprint density at radius 1 is 1.07 bits per heavy atom. The van der Waals surface area contributed by atoms with Crippen LogP contribution in [-0.2, 0) is 11.8 Å². The third-order valence-electron chi connectivity index (χ3n) is 5.82. The molecule has 0 bridgehead atoms. The predicted octanol–water partition coefficient (Wildman–Crippen LogP) is 4.79. The van der Waals surface area contributed by atoms with Gasteiger partial charge in [-0.2, -0.15) is 0 Å². The van der Waals surface area contributed by atoms with Gasteiger partial charge >= 0.3 is 0 Å². The molecule has 0 unspecified atom stereocenters. The van der Waals surface area contributed by atoms with Gasteiger partial charge in [0.2, 0.25) is 5.91 Å². The largest absolute Gasteiger partial charge is 0.331 e. The van der Waals surface area contributed by atoms with E-state index in [4.69, 9.17) is 0 Å². The first kappa shape index (κ1) is 20.1. The summed E-state index contributed by atoms with van der Waals surface area (Å²) < 4.78 is 16.2. The van der Waals surface area contributed by atoms with Gasteiger partial charge in [-0.1, -0.05) is 19.3 Å². The Hall–Kier alpha value is -3.22. The number of fused-ring (bicyclic) bond motifs is 1. The molecule has 0 spiro atoms. The molecule has 0 atom stereocenters. The molecule has 1 aliphatic rings. The second-order valence-electron chi connectivity index (χ2n) is 7.89. The van der Waals surface area contributed by atoms with Gasteiger partial charge in [0.15, 0.2) is 0 Å². The summed E-state index contributed by atoms with van der Waals surface area (Å²) in [6.07, 6.45) is 4.86. The lowest BCUT2D eigenvalue weighted by atomic mass is 9.88. The lowest BCUT2D eigenvalue weighted by Gasteiger charge is -2.21. The molecule has 3 aromatic rings. The van der Waals surface area contributed by atoms with Crippen molar-refractivity contribution < 1.29 is 14.0 Å². The number of benzene rings is 2. The van der Waals surface area contributed by atoms with Gasteiger partial charge in [-0.3, -0.25) is 9.59 Å². The summed E-state index contributed by atoms with van der Waals surface area (Å²) in [6, 6.07) is 9.49. The number of nitrogens with one attached hydrogen (secondary N) is 2. The number of carbonyl (C=O) groups excluding carboxylic acids is 2. The minimum absolute atomic E-state index is 0.0787. The van der Waals surface area contributed by atoms with Crippen LogP contribution in [0.25, 0.3) is 11.0 Å². The highest BCUT2D eigenvalue weighted by atomic mass is 19.1. The zero-order valence-electron chi connectivity index (χ0n) is 17.2. The second kappa shape index (κ2) is 8.26. The van der Waals surface area contributed by atoms with Gasteiger partial charge in [0.25, 0.3) is 5.91 Å². The standard InChI is InChI=1S/C23H25FN4O2/c1-14-25-20-12-16(8-11-21(20)28(14)2)23(30)26-17-9-10-18(24)19(13-17)27-22(29)15-6-4-3-5-7-15/h8-13,15H,3-7H2,1-2H3,(H,26,30)(H,27,29). The van der Waals surface area contributed by atoms with E-state index in [1.165, 1.54) is 18.2 Å². The van der Waals surface area contributed by atoms with E-state index in [1.54, 1.807) is 12.1 Å². The number of hydrogen-bond acceptors (Lipinski definition) is 3. The predicted molar refractivity (Wildman–Crippen MR) is 115 cm³/mol. The van der Waals surface area contributed by atoms with E-state index in [0.717, 1.165) is 49.0 Å². The molecule has 0 saturated heterocycles. The number of anilines is 2. The highest BCUT2D eigenvalue weighted by molar-refractivity contribution is 6.06. The zero-order valence-corrected chi connectivity index (χ0v) is 17.2. The molecule has 2 aromatic carbocycles. The van der Waals surface area contributed by atoms with Crippen LogP contribution in [0.15, 0.2) is 36.4 Å². The number of amides is 2. The molecule has 6 nitrogen and oxygen atoms in total. The lowest BCUT2D eigenvalue weighted by molar-refractivity contribution is -0.120. The molecule has 1 fully saturated rings. The zero-order chi connectivity index (χ0) is 21.3. The van der Waals surface area contributed by atoms with Gasteiger partial charge in [-0.15, -0.1) is 0 Å². The summed E-state index contributed by atoms with van der Waals surface area (Å²) in [6.45, 7) is 1.90. The van der Waals surface area contributed by atoms with Crippen molar-refractivity contribution in [1.29, 1.82) is 0 Å². The first-order chi connectivity index (χ1) is 14.4. The smallest absolute Gasteiger partial charge is 0.255 e. The Kier molecular flexibility index (Phi) is 5.53. The van der Waals surface area contributed by atoms with Crippen molar-refractivity contribution in [2.45, 2.75) is 39.0 Å². The molecule has 2 N–H and O–H groups in total. The van der Waals surface area contributed by atoms with Crippen molar-refractivity contribution in [2.24, 2.45) is 13.0 Å². The Balaban J connectivity index is 1.49. The number of rotatable bonds is 4. The number of imidazole rings is 1. The first-order valence-corrected chi connectivity index (χ1v) is 10.3. The third-order valence-corrected chi connectivity index (χ3v) is 5.82. The van der Waals surface area contributed by atoms with Gasteiger partial charge in [-0.05, 0) is 56.2 Å². The fraction of sp³-hybridized carbons (Fsp3) is 0.348. The number of carbonyl (C=O) groups is 2. The maximum atomic E-state index is 14.2. The third kappa shape index (κ3) is 4.06. The van der Waals surface area contributed by atoms with Crippen LogP contribution in [0.3, 0.4) is 0 Å². The molecule has 7 heteroatoms. The molecule has 0 radical (unpaired) electrons. The maximum Gasteiger partial charge on any atom is 0.255 e. The summed E-state index contributed by atoms with van der Waals surface area (Å²) in [7, 11) is 1.92. The van der Waals surface area contributed by atoms with E-state index in [2.05, 4.69) is 15.6 Å². The number of hydrogen-bond donors (Lipinski definition) is 2. The normalized spacial score (nSPS) is 14.6. The van der Waals surface area contributed by atoms with Crippen LogP contribution in [0.4, 0.5) is 15.8 Å². The maximum absolute atomic E-state index is 14.2. The van der Waals surface area contributed by atoms with Gasteiger partial charge < -0.3 is 15.2 Å². The molecule has 1 heterocycles. The summed E-state index contributed by atoms with van der Waals surface area (Å²) in [5.74, 6) is -0.226. The Morgan fingerprint density at radius 3 is 2.60 bits per heavy atom. The molecule has 2 amide bonds. The minimum Gasteiger partial charge on any atom is -0.331 e. The molecule has 156 valence electrons. The number of aromatic nitrogens is 2. The van der Waals surface area contributed by atoms with Crippen LogP contribution < -0.4 is 10.6 Å². The van der Waals surface area contributed by atoms with E-state index >= 15 is 0 Å². The van der Waals surface area contributed by atoms with Crippen molar-refractivity contribution in [1.82, 2.24) is 9.55 Å². The van der Waals surface area contributed by atoms with Gasteiger partial charge in [-0.25, -0.2) is 9.37 Å². The average Bonchev–Trinajstić information content (AvgIpc) is 3.04. The first-order valence-electron chi connectivity index (χ1n) is 10.3. The molecule has 1 aromatic heterocycles. The molecule has 1 saturated carbocycles. The SMILES string of the molecule is Cc1nc2cc(C(=O)Nc3ccc(F)c(NC(=O)C4CCCCC4)c3)ccc2n1C. The summed E-state index contributed by atoms with van der Waals surface area (Å²) in [4.78, 5) is 29.6. The van der Waals surface area contributed by atoms with Crippen LogP contribution in [-0.4, -0.2) is 21.4 Å². The molecular weight excluding hydrogens is 383 g/mol. The molecule has 1 aliphatic carbocycles. The summed E-state index contributed by atoms with van der Waals surface area (Å²) in [5.41, 5.74) is 2.63. The topological polar surface area (TPSA) is 76.0 Å². The highest BCUT2D eigenvalue weighted by Gasteiger charge is 2.22. The van der Waals surface area contributed by atoms with Crippen LogP contribution >= 0.6 is 0 Å². The average molecular weight is 408 g/mol. The van der Waals surface area contributed by atoms with Crippen LogP contribution in [0, 0.1) is 18.7 Å². The Morgan fingerprint density at radius 2 is 1.83 bits per heavy atom. The van der Waals surface area contributed by atoms with E-state index in [1.807, 2.05) is 24.6 Å². The van der Waals surface area contributed by atoms with Gasteiger partial charge in [0, 0.05) is 24.2 Å². The van der Waals surface area contributed by atoms with Gasteiger partial charge in [0.05, 0.1) is 16.7 Å². The van der Waals surface area contributed by atoms with E-state index in [-0.39, 0.29) is 23.4 Å². The van der Waals surface area contributed by atoms with Crippen molar-refractivity contribution in [3.8, 4) is 0 Å². The van der Waals surface area contributed by atoms with Crippen LogP contribution in [0.5, 0.6) is 0 Å². The number of aryl methyl sites for hydroxylation is 2. The van der Waals surface area contributed by atoms with Gasteiger partial charge in [0.1, 0.15) is 11.6 Å². The quantitative estimate of drug-likeness (QED) is 0.652. The molecule has 4 rings (SSSR count). The lowest BCUT2D eigenvalue weighted by Crippen LogP contribution is -2.25. The summed E-state index contributed by atoms with van der Waals surface area (Å²) >= 11 is 0. The fourth-order valence-electron chi connectivity index (χ4n) is 3.96. The Labute approximate surface area is 174 Å². The number of halogens is 1. The fourth-order valence-corrected chi connectivity index (χ4v) is 3.96. The monoisotopic (exact) mass is 408 g/mol. The van der Waals surface area contributed by atoms with Crippen molar-refractivity contribution in [2.75, 3.05) is 10.6 Å².